The molecule has 3 aromatic rings. The molecule has 1 aliphatic heterocycles. The molecule has 1 fully saturated rings. The highest BCUT2D eigenvalue weighted by Crippen LogP contribution is 2.33. The number of aryl methyl sites for hydroxylation is 2. The average Bonchev–Trinajstić information content (AvgIpc) is 3.09. The van der Waals surface area contributed by atoms with Gasteiger partial charge in [-0.15, -0.1) is 0 Å². The predicted molar refractivity (Wildman–Crippen MR) is 107 cm³/mol. The molecule has 3 heterocycles. The molecule has 1 aromatic carbocycles. The SMILES string of the molecule is Cc1cccc(-c2cc3nc4c(c(N5CCC[C@@H](O)C5)n3n2)CCCC4)c1. The summed E-state index contributed by atoms with van der Waals surface area (Å²) in [5.41, 5.74) is 6.80. The van der Waals surface area contributed by atoms with Crippen LogP contribution < -0.4 is 4.90 Å². The molecule has 0 unspecified atom stereocenters. The van der Waals surface area contributed by atoms with Crippen LogP contribution in [0.4, 0.5) is 5.82 Å². The molecule has 1 saturated heterocycles. The van der Waals surface area contributed by atoms with E-state index in [1.165, 1.54) is 29.7 Å². The van der Waals surface area contributed by atoms with E-state index in [1.54, 1.807) is 0 Å². The van der Waals surface area contributed by atoms with E-state index in [0.717, 1.165) is 55.0 Å². The Morgan fingerprint density at radius 3 is 2.85 bits per heavy atom. The molecule has 5 nitrogen and oxygen atoms in total. The van der Waals surface area contributed by atoms with Crippen molar-refractivity contribution in [2.24, 2.45) is 0 Å². The molecule has 1 atom stereocenters. The predicted octanol–water partition coefficient (Wildman–Crippen LogP) is 3.54. The average molecular weight is 362 g/mol. The fourth-order valence-corrected chi connectivity index (χ4v) is 4.54. The number of rotatable bonds is 2. The molecule has 0 bridgehead atoms. The Balaban J connectivity index is 1.70. The fraction of sp³-hybridized carbons (Fsp3) is 0.455. The summed E-state index contributed by atoms with van der Waals surface area (Å²) in [5.74, 6) is 1.16. The molecular weight excluding hydrogens is 336 g/mol. The van der Waals surface area contributed by atoms with E-state index in [4.69, 9.17) is 10.1 Å². The van der Waals surface area contributed by atoms with Crippen molar-refractivity contribution in [2.45, 2.75) is 51.6 Å². The summed E-state index contributed by atoms with van der Waals surface area (Å²) >= 11 is 0. The second-order valence-corrected chi connectivity index (χ2v) is 7.98. The first-order valence-electron chi connectivity index (χ1n) is 10.1. The van der Waals surface area contributed by atoms with Crippen molar-refractivity contribution >= 4 is 11.5 Å². The van der Waals surface area contributed by atoms with Crippen LogP contribution in [0.25, 0.3) is 16.9 Å². The molecule has 5 heteroatoms. The fourth-order valence-electron chi connectivity index (χ4n) is 4.54. The topological polar surface area (TPSA) is 53.7 Å². The largest absolute Gasteiger partial charge is 0.391 e. The first-order chi connectivity index (χ1) is 13.2. The Kier molecular flexibility index (Phi) is 4.12. The van der Waals surface area contributed by atoms with Crippen molar-refractivity contribution in [3.05, 3.63) is 47.2 Å². The van der Waals surface area contributed by atoms with E-state index in [1.807, 2.05) is 4.52 Å². The van der Waals surface area contributed by atoms with Crippen molar-refractivity contribution in [1.29, 1.82) is 0 Å². The molecule has 0 saturated carbocycles. The van der Waals surface area contributed by atoms with E-state index in [2.05, 4.69) is 42.2 Å². The standard InChI is InChI=1S/C22H26N4O/c1-15-6-4-7-16(12-15)20-13-21-23-19-10-3-2-9-18(19)22(26(21)24-20)25-11-5-8-17(27)14-25/h4,6-7,12-13,17,27H,2-3,5,8-11,14H2,1H3/t17-/m1/s1. The molecule has 27 heavy (non-hydrogen) atoms. The number of piperidine rings is 1. The number of fused-ring (bicyclic) bond motifs is 2. The van der Waals surface area contributed by atoms with E-state index in [9.17, 15) is 5.11 Å². The van der Waals surface area contributed by atoms with Gasteiger partial charge in [-0.3, -0.25) is 0 Å². The maximum absolute atomic E-state index is 10.2. The van der Waals surface area contributed by atoms with Gasteiger partial charge in [-0.1, -0.05) is 23.8 Å². The number of anilines is 1. The number of benzene rings is 1. The summed E-state index contributed by atoms with van der Waals surface area (Å²) in [5, 5.41) is 15.2. The molecule has 2 aromatic heterocycles. The Hall–Kier alpha value is -2.40. The number of hydrogen-bond donors (Lipinski definition) is 1. The van der Waals surface area contributed by atoms with Crippen molar-refractivity contribution in [3.63, 3.8) is 0 Å². The summed E-state index contributed by atoms with van der Waals surface area (Å²) in [7, 11) is 0. The smallest absolute Gasteiger partial charge is 0.158 e. The van der Waals surface area contributed by atoms with Crippen LogP contribution in [0.5, 0.6) is 0 Å². The number of β-amino-alcohol motifs (C(OH)–C–C–N with tert-alkyl or cyclic N) is 1. The Bertz CT molecular complexity index is 993. The molecule has 0 amide bonds. The normalized spacial score (nSPS) is 20.1. The van der Waals surface area contributed by atoms with Gasteiger partial charge in [-0.2, -0.15) is 9.61 Å². The van der Waals surface area contributed by atoms with Crippen LogP contribution in [-0.4, -0.2) is 38.9 Å². The molecule has 1 aliphatic carbocycles. The zero-order valence-electron chi connectivity index (χ0n) is 15.9. The van der Waals surface area contributed by atoms with Crippen molar-refractivity contribution in [2.75, 3.05) is 18.0 Å². The molecule has 140 valence electrons. The molecular formula is C22H26N4O. The third-order valence-electron chi connectivity index (χ3n) is 5.86. The second kappa shape index (κ2) is 6.64. The van der Waals surface area contributed by atoms with Crippen LogP contribution in [0.2, 0.25) is 0 Å². The minimum Gasteiger partial charge on any atom is -0.391 e. The lowest BCUT2D eigenvalue weighted by atomic mass is 9.95. The highest BCUT2D eigenvalue weighted by molar-refractivity contribution is 5.68. The number of aromatic nitrogens is 3. The Morgan fingerprint density at radius 2 is 2.00 bits per heavy atom. The minimum absolute atomic E-state index is 0.256. The van der Waals surface area contributed by atoms with Gasteiger partial charge in [0.05, 0.1) is 11.8 Å². The molecule has 1 N–H and O–H groups in total. The van der Waals surface area contributed by atoms with Gasteiger partial charge in [-0.25, -0.2) is 4.98 Å². The number of nitrogens with zero attached hydrogens (tertiary/aromatic N) is 4. The molecule has 2 aliphatic rings. The molecule has 5 rings (SSSR count). The van der Waals surface area contributed by atoms with Gasteiger partial charge in [-0.05, 0) is 51.5 Å². The van der Waals surface area contributed by atoms with E-state index in [0.29, 0.717) is 6.54 Å². The van der Waals surface area contributed by atoms with E-state index < -0.39 is 0 Å². The first-order valence-corrected chi connectivity index (χ1v) is 10.1. The molecule has 0 spiro atoms. The summed E-state index contributed by atoms with van der Waals surface area (Å²) in [4.78, 5) is 7.30. The van der Waals surface area contributed by atoms with Gasteiger partial charge in [0.1, 0.15) is 5.82 Å². The minimum atomic E-state index is -0.256. The number of hydrogen-bond acceptors (Lipinski definition) is 4. The van der Waals surface area contributed by atoms with Crippen LogP contribution >= 0.6 is 0 Å². The zero-order chi connectivity index (χ0) is 18.4. The van der Waals surface area contributed by atoms with Crippen molar-refractivity contribution in [1.82, 2.24) is 14.6 Å². The van der Waals surface area contributed by atoms with Crippen LogP contribution in [0, 0.1) is 6.92 Å². The second-order valence-electron chi connectivity index (χ2n) is 7.98. The quantitative estimate of drug-likeness (QED) is 0.758. The summed E-state index contributed by atoms with van der Waals surface area (Å²) < 4.78 is 2.03. The monoisotopic (exact) mass is 362 g/mol. The van der Waals surface area contributed by atoms with Crippen LogP contribution in [-0.2, 0) is 12.8 Å². The summed E-state index contributed by atoms with van der Waals surface area (Å²) in [6.07, 6.45) is 6.16. The summed E-state index contributed by atoms with van der Waals surface area (Å²) in [6, 6.07) is 10.6. The maximum atomic E-state index is 10.2. The van der Waals surface area contributed by atoms with Crippen LogP contribution in [0.15, 0.2) is 30.3 Å². The Morgan fingerprint density at radius 1 is 1.11 bits per heavy atom. The van der Waals surface area contributed by atoms with Gasteiger partial charge < -0.3 is 10.0 Å². The maximum Gasteiger partial charge on any atom is 0.158 e. The van der Waals surface area contributed by atoms with Gasteiger partial charge in [0.25, 0.3) is 0 Å². The lowest BCUT2D eigenvalue weighted by Crippen LogP contribution is -2.40. The number of aliphatic hydroxyl groups excluding tert-OH is 1. The van der Waals surface area contributed by atoms with Gasteiger partial charge in [0.2, 0.25) is 0 Å². The van der Waals surface area contributed by atoms with Crippen molar-refractivity contribution < 1.29 is 5.11 Å². The Labute approximate surface area is 159 Å². The van der Waals surface area contributed by atoms with E-state index in [-0.39, 0.29) is 6.10 Å². The lowest BCUT2D eigenvalue weighted by molar-refractivity contribution is 0.153. The van der Waals surface area contributed by atoms with Gasteiger partial charge in [0, 0.05) is 36.0 Å². The van der Waals surface area contributed by atoms with Gasteiger partial charge in [0.15, 0.2) is 5.65 Å². The highest BCUT2D eigenvalue weighted by atomic mass is 16.3. The van der Waals surface area contributed by atoms with Crippen LogP contribution in [0.1, 0.15) is 42.5 Å². The van der Waals surface area contributed by atoms with E-state index >= 15 is 0 Å². The number of aliphatic hydroxyl groups is 1. The zero-order valence-corrected chi connectivity index (χ0v) is 15.9. The third kappa shape index (κ3) is 3.00. The summed E-state index contributed by atoms with van der Waals surface area (Å²) in [6.45, 7) is 3.77. The van der Waals surface area contributed by atoms with Crippen molar-refractivity contribution in [3.8, 4) is 11.3 Å². The lowest BCUT2D eigenvalue weighted by Gasteiger charge is -2.34. The first kappa shape index (κ1) is 16.8. The third-order valence-corrected chi connectivity index (χ3v) is 5.86. The van der Waals surface area contributed by atoms with Gasteiger partial charge >= 0.3 is 0 Å². The van der Waals surface area contributed by atoms with Crippen LogP contribution in [0.3, 0.4) is 0 Å². The highest BCUT2D eigenvalue weighted by Gasteiger charge is 2.27. The molecule has 0 radical (unpaired) electrons.